The molecule has 3 aliphatic rings. The van der Waals surface area contributed by atoms with E-state index in [2.05, 4.69) is 17.1 Å². The number of carbonyl (C=O) groups is 2. The van der Waals surface area contributed by atoms with Crippen LogP contribution in [0.15, 0.2) is 0 Å². The maximum absolute atomic E-state index is 12.9. The zero-order valence-corrected chi connectivity index (χ0v) is 13.8. The van der Waals surface area contributed by atoms with Crippen LogP contribution in [0.5, 0.6) is 0 Å². The Bertz CT molecular complexity index is 432. The number of amides is 3. The van der Waals surface area contributed by atoms with Gasteiger partial charge in [0.1, 0.15) is 5.54 Å². The molecule has 1 N–H and O–H groups in total. The molecule has 22 heavy (non-hydrogen) atoms. The van der Waals surface area contributed by atoms with Crippen LogP contribution in [0.2, 0.25) is 0 Å². The van der Waals surface area contributed by atoms with Gasteiger partial charge < -0.3 is 5.32 Å². The van der Waals surface area contributed by atoms with E-state index in [1.54, 1.807) is 0 Å². The Morgan fingerprint density at radius 3 is 2.41 bits per heavy atom. The number of nitrogens with zero attached hydrogens (tertiary/aromatic N) is 2. The average Bonchev–Trinajstić information content (AvgIpc) is 2.70. The molecule has 0 aromatic rings. The van der Waals surface area contributed by atoms with Crippen molar-refractivity contribution in [3.05, 3.63) is 0 Å². The van der Waals surface area contributed by atoms with Gasteiger partial charge in [0.25, 0.3) is 5.91 Å². The zero-order valence-electron chi connectivity index (χ0n) is 13.8. The Morgan fingerprint density at radius 2 is 1.73 bits per heavy atom. The molecule has 1 saturated carbocycles. The minimum absolute atomic E-state index is 0.0201. The van der Waals surface area contributed by atoms with Crippen LogP contribution < -0.4 is 5.32 Å². The fraction of sp³-hybridized carbons (Fsp3) is 0.882. The standard InChI is InChI=1S/C17H29N3O2/c1-14-9-5-6-10-17(14)15(21)20(16(22)18-17)13-19-11-7-3-2-4-8-12-19/h14H,2-13H2,1H3,(H,18,22)/t14-,17-/m1/s1. The average molecular weight is 307 g/mol. The highest BCUT2D eigenvalue weighted by Gasteiger charge is 2.54. The van der Waals surface area contributed by atoms with Crippen LogP contribution in [-0.2, 0) is 4.79 Å². The molecule has 5 heteroatoms. The number of urea groups is 1. The van der Waals surface area contributed by atoms with E-state index in [-0.39, 0.29) is 17.9 Å². The lowest BCUT2D eigenvalue weighted by molar-refractivity contribution is -0.135. The molecular weight excluding hydrogens is 278 g/mol. The van der Waals surface area contributed by atoms with Gasteiger partial charge in [-0.15, -0.1) is 0 Å². The summed E-state index contributed by atoms with van der Waals surface area (Å²) >= 11 is 0. The second kappa shape index (κ2) is 6.57. The topological polar surface area (TPSA) is 52.7 Å². The van der Waals surface area contributed by atoms with Gasteiger partial charge in [-0.3, -0.25) is 9.69 Å². The van der Waals surface area contributed by atoms with Gasteiger partial charge in [0.05, 0.1) is 6.67 Å². The van der Waals surface area contributed by atoms with Crippen molar-refractivity contribution in [2.75, 3.05) is 19.8 Å². The fourth-order valence-electron chi connectivity index (χ4n) is 4.28. The molecule has 3 fully saturated rings. The zero-order chi connectivity index (χ0) is 15.6. The van der Waals surface area contributed by atoms with Crippen LogP contribution in [0.1, 0.15) is 64.7 Å². The normalized spacial score (nSPS) is 34.6. The summed E-state index contributed by atoms with van der Waals surface area (Å²) in [5, 5.41) is 3.05. The Balaban J connectivity index is 1.68. The molecule has 0 aromatic heterocycles. The van der Waals surface area contributed by atoms with Gasteiger partial charge in [-0.05, 0) is 44.7 Å². The number of hydrogen-bond donors (Lipinski definition) is 1. The highest BCUT2D eigenvalue weighted by molar-refractivity contribution is 6.07. The number of hydrogen-bond acceptors (Lipinski definition) is 3. The molecule has 0 bridgehead atoms. The summed E-state index contributed by atoms with van der Waals surface area (Å²) in [6.07, 6.45) is 10.2. The minimum atomic E-state index is -0.613. The first-order valence-electron chi connectivity index (χ1n) is 9.00. The predicted molar refractivity (Wildman–Crippen MR) is 85.3 cm³/mol. The highest BCUT2D eigenvalue weighted by atomic mass is 16.2. The molecule has 0 radical (unpaired) electrons. The monoisotopic (exact) mass is 307 g/mol. The van der Waals surface area contributed by atoms with Crippen molar-refractivity contribution in [1.29, 1.82) is 0 Å². The van der Waals surface area contributed by atoms with Crippen molar-refractivity contribution in [2.24, 2.45) is 5.92 Å². The highest BCUT2D eigenvalue weighted by Crippen LogP contribution is 2.38. The Labute approximate surface area is 133 Å². The van der Waals surface area contributed by atoms with Crippen molar-refractivity contribution >= 4 is 11.9 Å². The molecule has 1 spiro atoms. The molecule has 2 aliphatic heterocycles. The molecule has 3 amide bonds. The van der Waals surface area contributed by atoms with Crippen molar-refractivity contribution in [3.63, 3.8) is 0 Å². The first-order chi connectivity index (χ1) is 10.6. The number of imide groups is 1. The molecular formula is C17H29N3O2. The fourth-order valence-corrected chi connectivity index (χ4v) is 4.28. The summed E-state index contributed by atoms with van der Waals surface area (Å²) in [5.41, 5.74) is -0.613. The third kappa shape index (κ3) is 2.87. The van der Waals surface area contributed by atoms with E-state index in [1.807, 2.05) is 0 Å². The van der Waals surface area contributed by atoms with Crippen LogP contribution in [0.4, 0.5) is 4.79 Å². The molecule has 0 unspecified atom stereocenters. The molecule has 124 valence electrons. The van der Waals surface area contributed by atoms with Crippen molar-refractivity contribution in [2.45, 2.75) is 70.3 Å². The van der Waals surface area contributed by atoms with E-state index < -0.39 is 5.54 Å². The van der Waals surface area contributed by atoms with E-state index in [9.17, 15) is 9.59 Å². The molecule has 2 heterocycles. The molecule has 2 saturated heterocycles. The van der Waals surface area contributed by atoms with Gasteiger partial charge in [-0.1, -0.05) is 39.0 Å². The van der Waals surface area contributed by atoms with Crippen LogP contribution in [0.25, 0.3) is 0 Å². The first kappa shape index (κ1) is 15.8. The maximum atomic E-state index is 12.9. The lowest BCUT2D eigenvalue weighted by atomic mass is 9.73. The second-order valence-electron chi connectivity index (χ2n) is 7.31. The van der Waals surface area contributed by atoms with Gasteiger partial charge in [0.15, 0.2) is 0 Å². The molecule has 3 rings (SSSR count). The number of likely N-dealkylation sites (tertiary alicyclic amines) is 1. The van der Waals surface area contributed by atoms with Crippen molar-refractivity contribution < 1.29 is 9.59 Å². The smallest absolute Gasteiger partial charge is 0.323 e. The van der Waals surface area contributed by atoms with Gasteiger partial charge in [0, 0.05) is 0 Å². The van der Waals surface area contributed by atoms with Crippen LogP contribution in [0.3, 0.4) is 0 Å². The van der Waals surface area contributed by atoms with Gasteiger partial charge in [-0.2, -0.15) is 0 Å². The van der Waals surface area contributed by atoms with E-state index in [4.69, 9.17) is 0 Å². The summed E-state index contributed by atoms with van der Waals surface area (Å²) < 4.78 is 0. The van der Waals surface area contributed by atoms with E-state index >= 15 is 0 Å². The molecule has 1 aliphatic carbocycles. The summed E-state index contributed by atoms with van der Waals surface area (Å²) in [7, 11) is 0. The number of nitrogens with one attached hydrogen (secondary N) is 1. The lowest BCUT2D eigenvalue weighted by Gasteiger charge is -2.37. The first-order valence-corrected chi connectivity index (χ1v) is 9.00. The van der Waals surface area contributed by atoms with Gasteiger partial charge in [-0.25, -0.2) is 9.69 Å². The van der Waals surface area contributed by atoms with Gasteiger partial charge >= 0.3 is 6.03 Å². The van der Waals surface area contributed by atoms with E-state index in [0.29, 0.717) is 6.67 Å². The van der Waals surface area contributed by atoms with Crippen molar-refractivity contribution in [1.82, 2.24) is 15.1 Å². The quantitative estimate of drug-likeness (QED) is 0.798. The molecule has 0 aromatic carbocycles. The van der Waals surface area contributed by atoms with Crippen LogP contribution in [-0.4, -0.2) is 47.0 Å². The third-order valence-electron chi connectivity index (χ3n) is 5.79. The maximum Gasteiger partial charge on any atom is 0.326 e. The van der Waals surface area contributed by atoms with Crippen molar-refractivity contribution in [3.8, 4) is 0 Å². The van der Waals surface area contributed by atoms with Gasteiger partial charge in [0.2, 0.25) is 0 Å². The third-order valence-corrected chi connectivity index (χ3v) is 5.79. The Morgan fingerprint density at radius 1 is 1.05 bits per heavy atom. The van der Waals surface area contributed by atoms with E-state index in [1.165, 1.54) is 37.0 Å². The Kier molecular flexibility index (Phi) is 4.71. The number of carbonyl (C=O) groups excluding carboxylic acids is 2. The van der Waals surface area contributed by atoms with Crippen LogP contribution >= 0.6 is 0 Å². The number of rotatable bonds is 2. The second-order valence-corrected chi connectivity index (χ2v) is 7.31. The summed E-state index contributed by atoms with van der Waals surface area (Å²) in [4.78, 5) is 29.1. The summed E-state index contributed by atoms with van der Waals surface area (Å²) in [6, 6.07) is -0.180. The molecule has 5 nitrogen and oxygen atoms in total. The largest absolute Gasteiger partial charge is 0.326 e. The predicted octanol–water partition coefficient (Wildman–Crippen LogP) is 2.71. The Hall–Kier alpha value is -1.10. The summed E-state index contributed by atoms with van der Waals surface area (Å²) in [6.45, 7) is 4.58. The minimum Gasteiger partial charge on any atom is -0.323 e. The molecule has 2 atom stereocenters. The lowest BCUT2D eigenvalue weighted by Crippen LogP contribution is -2.54. The summed E-state index contributed by atoms with van der Waals surface area (Å²) in [5.74, 6) is 0.266. The van der Waals surface area contributed by atoms with Crippen LogP contribution in [0, 0.1) is 5.92 Å². The van der Waals surface area contributed by atoms with E-state index in [0.717, 1.165) is 38.8 Å². The SMILES string of the molecule is C[C@@H]1CCCC[C@@]12NC(=O)N(CN1CCCCCCC1)C2=O.